The molecular weight excluding hydrogens is 400 g/mol. The Kier molecular flexibility index (Phi) is 4.68. The summed E-state index contributed by atoms with van der Waals surface area (Å²) in [5, 5.41) is 10.3. The van der Waals surface area contributed by atoms with Gasteiger partial charge < -0.3 is 9.30 Å². The van der Waals surface area contributed by atoms with Crippen molar-refractivity contribution in [3.05, 3.63) is 78.2 Å². The van der Waals surface area contributed by atoms with Gasteiger partial charge in [0, 0.05) is 18.5 Å². The lowest BCUT2D eigenvalue weighted by Gasteiger charge is -2.10. The number of hydrogen-bond acceptors (Lipinski definition) is 5. The molecule has 0 radical (unpaired) electrons. The standard InChI is InChI=1S/C25H20N6O/c1-16-6-4-5-7-19(16)17-8-10-21-20(12-17)24-22(14-27-21)30(2)25(29-15-26)31(24)18-9-11-23(32-3)28-13-18/h4-14H,1-3H3. The molecule has 0 amide bonds. The van der Waals surface area contributed by atoms with E-state index in [2.05, 4.69) is 46.1 Å². The Bertz CT molecular complexity index is 1590. The highest BCUT2D eigenvalue weighted by Crippen LogP contribution is 2.31. The van der Waals surface area contributed by atoms with Crippen LogP contribution in [0.1, 0.15) is 5.56 Å². The van der Waals surface area contributed by atoms with Gasteiger partial charge in [0.25, 0.3) is 0 Å². The largest absolute Gasteiger partial charge is 0.481 e. The summed E-state index contributed by atoms with van der Waals surface area (Å²) in [5.41, 5.74) is 7.38. The number of fused-ring (bicyclic) bond motifs is 3. The molecule has 156 valence electrons. The van der Waals surface area contributed by atoms with Crippen LogP contribution < -0.4 is 10.4 Å². The van der Waals surface area contributed by atoms with Crippen molar-refractivity contribution >= 4 is 21.9 Å². The molecule has 0 spiro atoms. The normalized spacial score (nSPS) is 11.8. The van der Waals surface area contributed by atoms with Crippen molar-refractivity contribution in [3.8, 4) is 28.9 Å². The zero-order valence-electron chi connectivity index (χ0n) is 17.9. The predicted octanol–water partition coefficient (Wildman–Crippen LogP) is 4.28. The summed E-state index contributed by atoms with van der Waals surface area (Å²) in [6.07, 6.45) is 5.46. The van der Waals surface area contributed by atoms with Crippen LogP contribution in [0.2, 0.25) is 0 Å². The van der Waals surface area contributed by atoms with E-state index >= 15 is 0 Å². The van der Waals surface area contributed by atoms with Gasteiger partial charge in [-0.05, 0) is 41.8 Å². The molecule has 0 aliphatic carbocycles. The Hall–Kier alpha value is -4.44. The third kappa shape index (κ3) is 3.01. The van der Waals surface area contributed by atoms with E-state index in [0.717, 1.165) is 33.2 Å². The maximum Gasteiger partial charge on any atom is 0.226 e. The molecule has 5 aromatic rings. The third-order valence-corrected chi connectivity index (χ3v) is 5.70. The summed E-state index contributed by atoms with van der Waals surface area (Å²) in [6, 6.07) is 18.3. The van der Waals surface area contributed by atoms with E-state index in [4.69, 9.17) is 4.74 Å². The molecule has 0 aliphatic rings. The van der Waals surface area contributed by atoms with E-state index in [-0.39, 0.29) is 0 Å². The molecule has 3 aromatic heterocycles. The number of rotatable bonds is 3. The first kappa shape index (κ1) is 19.5. The van der Waals surface area contributed by atoms with Crippen LogP contribution in [0.5, 0.6) is 5.88 Å². The summed E-state index contributed by atoms with van der Waals surface area (Å²) in [5.74, 6) is 0.515. The summed E-state index contributed by atoms with van der Waals surface area (Å²) in [4.78, 5) is 13.1. The number of pyridine rings is 2. The molecule has 0 fully saturated rings. The first-order chi connectivity index (χ1) is 15.6. The number of aromatic nitrogens is 4. The molecule has 0 saturated carbocycles. The van der Waals surface area contributed by atoms with E-state index < -0.39 is 0 Å². The zero-order chi connectivity index (χ0) is 22.2. The average Bonchev–Trinajstić information content (AvgIpc) is 3.11. The van der Waals surface area contributed by atoms with Crippen LogP contribution in [0.15, 0.2) is 72.0 Å². The van der Waals surface area contributed by atoms with Gasteiger partial charge in [0.2, 0.25) is 17.7 Å². The number of hydrogen-bond donors (Lipinski definition) is 0. The highest BCUT2D eigenvalue weighted by molar-refractivity contribution is 6.04. The first-order valence-electron chi connectivity index (χ1n) is 10.1. The quantitative estimate of drug-likeness (QED) is 0.408. The van der Waals surface area contributed by atoms with Gasteiger partial charge >= 0.3 is 0 Å². The van der Waals surface area contributed by atoms with Gasteiger partial charge in [-0.15, -0.1) is 4.99 Å². The Morgan fingerprint density at radius 3 is 2.59 bits per heavy atom. The molecule has 0 aliphatic heterocycles. The zero-order valence-corrected chi connectivity index (χ0v) is 17.9. The second kappa shape index (κ2) is 7.67. The van der Waals surface area contributed by atoms with Crippen molar-refractivity contribution in [3.63, 3.8) is 0 Å². The fourth-order valence-electron chi connectivity index (χ4n) is 4.11. The summed E-state index contributed by atoms with van der Waals surface area (Å²) in [7, 11) is 3.46. The van der Waals surface area contributed by atoms with Crippen LogP contribution in [-0.4, -0.2) is 26.2 Å². The smallest absolute Gasteiger partial charge is 0.226 e. The fourth-order valence-corrected chi connectivity index (χ4v) is 4.11. The van der Waals surface area contributed by atoms with E-state index in [1.807, 2.05) is 52.8 Å². The van der Waals surface area contributed by atoms with Crippen LogP contribution in [0.25, 0.3) is 38.8 Å². The Morgan fingerprint density at radius 2 is 1.88 bits per heavy atom. The van der Waals surface area contributed by atoms with Gasteiger partial charge in [-0.25, -0.2) is 4.98 Å². The van der Waals surface area contributed by atoms with Crippen molar-refractivity contribution in [1.82, 2.24) is 19.1 Å². The number of benzene rings is 2. The lowest BCUT2D eigenvalue weighted by atomic mass is 9.99. The second-order valence-electron chi connectivity index (χ2n) is 7.50. The van der Waals surface area contributed by atoms with E-state index in [1.165, 1.54) is 11.1 Å². The Morgan fingerprint density at radius 1 is 1.03 bits per heavy atom. The molecule has 0 bridgehead atoms. The lowest BCUT2D eigenvalue weighted by Crippen LogP contribution is -2.22. The van der Waals surface area contributed by atoms with Crippen LogP contribution >= 0.6 is 0 Å². The third-order valence-electron chi connectivity index (χ3n) is 5.70. The summed E-state index contributed by atoms with van der Waals surface area (Å²) >= 11 is 0. The second-order valence-corrected chi connectivity index (χ2v) is 7.50. The molecule has 0 N–H and O–H groups in total. The molecular formula is C25H20N6O. The molecule has 5 rings (SSSR count). The van der Waals surface area contributed by atoms with Crippen LogP contribution in [-0.2, 0) is 7.05 Å². The van der Waals surface area contributed by atoms with Gasteiger partial charge in [-0.3, -0.25) is 9.55 Å². The molecule has 0 atom stereocenters. The highest BCUT2D eigenvalue weighted by atomic mass is 16.5. The van der Waals surface area contributed by atoms with Gasteiger partial charge in [-0.1, -0.05) is 30.3 Å². The van der Waals surface area contributed by atoms with E-state index in [0.29, 0.717) is 11.5 Å². The molecule has 7 nitrogen and oxygen atoms in total. The van der Waals surface area contributed by atoms with Crippen molar-refractivity contribution in [2.24, 2.45) is 12.0 Å². The molecule has 0 unspecified atom stereocenters. The molecule has 32 heavy (non-hydrogen) atoms. The highest BCUT2D eigenvalue weighted by Gasteiger charge is 2.16. The summed E-state index contributed by atoms with van der Waals surface area (Å²) in [6.45, 7) is 2.11. The van der Waals surface area contributed by atoms with Crippen molar-refractivity contribution in [2.45, 2.75) is 6.92 Å². The van der Waals surface area contributed by atoms with Crippen LogP contribution in [0, 0.1) is 18.4 Å². The number of ether oxygens (including phenoxy) is 1. The van der Waals surface area contributed by atoms with Crippen molar-refractivity contribution in [2.75, 3.05) is 7.11 Å². The van der Waals surface area contributed by atoms with Crippen molar-refractivity contribution in [1.29, 1.82) is 5.26 Å². The number of aryl methyl sites for hydroxylation is 2. The fraction of sp³-hybridized carbons (Fsp3) is 0.120. The molecule has 3 heterocycles. The summed E-state index contributed by atoms with van der Waals surface area (Å²) < 4.78 is 9.02. The molecule has 7 heteroatoms. The van der Waals surface area contributed by atoms with Gasteiger partial charge in [0.05, 0.1) is 41.7 Å². The van der Waals surface area contributed by atoms with Gasteiger partial charge in [0.15, 0.2) is 0 Å². The molecule has 2 aromatic carbocycles. The minimum atomic E-state index is 0.491. The number of nitrogens with zero attached hydrogens (tertiary/aromatic N) is 6. The SMILES string of the molecule is COc1ccc(-n2c(=NC#N)n(C)c3cnc4ccc(-c5ccccc5C)cc4c32)cn1. The number of imidazole rings is 1. The topological polar surface area (TPSA) is 81.0 Å². The Balaban J connectivity index is 1.91. The van der Waals surface area contributed by atoms with E-state index in [9.17, 15) is 5.26 Å². The number of methoxy groups -OCH3 is 1. The molecule has 0 saturated heterocycles. The maximum atomic E-state index is 9.36. The van der Waals surface area contributed by atoms with Gasteiger partial charge in [-0.2, -0.15) is 5.26 Å². The van der Waals surface area contributed by atoms with Crippen LogP contribution in [0.4, 0.5) is 0 Å². The average molecular weight is 420 g/mol. The maximum absolute atomic E-state index is 9.36. The number of nitriles is 1. The minimum Gasteiger partial charge on any atom is -0.481 e. The first-order valence-corrected chi connectivity index (χ1v) is 10.1. The minimum absolute atomic E-state index is 0.491. The monoisotopic (exact) mass is 420 g/mol. The lowest BCUT2D eigenvalue weighted by molar-refractivity contribution is 0.398. The van der Waals surface area contributed by atoms with E-state index in [1.54, 1.807) is 19.4 Å². The van der Waals surface area contributed by atoms with Gasteiger partial charge in [0.1, 0.15) is 0 Å². The van der Waals surface area contributed by atoms with Crippen LogP contribution in [0.3, 0.4) is 0 Å². The predicted molar refractivity (Wildman–Crippen MR) is 123 cm³/mol. The van der Waals surface area contributed by atoms with Crippen molar-refractivity contribution < 1.29 is 4.74 Å². The Labute approximate surface area is 184 Å².